The Morgan fingerprint density at radius 1 is 1.39 bits per heavy atom. The van der Waals surface area contributed by atoms with Gasteiger partial charge in [-0.2, -0.15) is 0 Å². The number of hydrogen-bond donors (Lipinski definition) is 2. The lowest BCUT2D eigenvalue weighted by Crippen LogP contribution is -2.30. The molecule has 0 aliphatic carbocycles. The van der Waals surface area contributed by atoms with Crippen LogP contribution in [0.4, 0.5) is 0 Å². The second-order valence-electron chi connectivity index (χ2n) is 4.90. The molecule has 4 heteroatoms. The van der Waals surface area contributed by atoms with Gasteiger partial charge in [-0.05, 0) is 37.7 Å². The van der Waals surface area contributed by atoms with Gasteiger partial charge in [0.15, 0.2) is 0 Å². The maximum absolute atomic E-state index is 11.4. The van der Waals surface area contributed by atoms with Gasteiger partial charge in [0.2, 0.25) is 0 Å². The monoisotopic (exact) mass is 247 g/mol. The van der Waals surface area contributed by atoms with Crippen molar-refractivity contribution in [2.24, 2.45) is 0 Å². The summed E-state index contributed by atoms with van der Waals surface area (Å²) in [6.45, 7) is 3.16. The molecule has 1 amide bonds. The molecule has 0 radical (unpaired) electrons. The molecule has 2 N–H and O–H groups in total. The molecule has 1 atom stereocenters. The lowest BCUT2D eigenvalue weighted by molar-refractivity contribution is 0.0963. The van der Waals surface area contributed by atoms with Gasteiger partial charge in [-0.15, -0.1) is 0 Å². The average Bonchev–Trinajstić information content (AvgIpc) is 2.82. The first kappa shape index (κ1) is 13.1. The summed E-state index contributed by atoms with van der Waals surface area (Å²) in [5.74, 6) is -0.0353. The Bertz CT molecular complexity index is 402. The van der Waals surface area contributed by atoms with Crippen LogP contribution in [0.3, 0.4) is 0 Å². The molecule has 0 bridgehead atoms. The van der Waals surface area contributed by atoms with Gasteiger partial charge >= 0.3 is 0 Å². The number of benzene rings is 1. The summed E-state index contributed by atoms with van der Waals surface area (Å²) in [7, 11) is 3.80. The Morgan fingerprint density at radius 3 is 2.67 bits per heavy atom. The Hall–Kier alpha value is -1.39. The van der Waals surface area contributed by atoms with Crippen LogP contribution in [0.5, 0.6) is 0 Å². The van der Waals surface area contributed by atoms with Gasteiger partial charge in [0, 0.05) is 31.7 Å². The van der Waals surface area contributed by atoms with Gasteiger partial charge < -0.3 is 15.5 Å². The third-order valence-corrected chi connectivity index (χ3v) is 3.43. The highest BCUT2D eigenvalue weighted by Gasteiger charge is 2.18. The molecule has 98 valence electrons. The van der Waals surface area contributed by atoms with Crippen LogP contribution in [0.1, 0.15) is 22.3 Å². The van der Waals surface area contributed by atoms with Crippen LogP contribution < -0.4 is 10.6 Å². The number of rotatable bonds is 4. The molecule has 1 aliphatic rings. The van der Waals surface area contributed by atoms with Crippen molar-refractivity contribution < 1.29 is 4.79 Å². The standard InChI is InChI=1S/C14H21N3O/c1-15-14(18)12-5-3-11(4-6-12)9-16-13-7-8-17(2)10-13/h3-6,13,16H,7-10H2,1-2H3,(H,15,18). The summed E-state index contributed by atoms with van der Waals surface area (Å²) in [4.78, 5) is 13.7. The lowest BCUT2D eigenvalue weighted by Gasteiger charge is -2.12. The molecule has 0 aromatic heterocycles. The van der Waals surface area contributed by atoms with E-state index in [4.69, 9.17) is 0 Å². The predicted octanol–water partition coefficient (Wildman–Crippen LogP) is 0.840. The van der Waals surface area contributed by atoms with E-state index in [0.29, 0.717) is 11.6 Å². The highest BCUT2D eigenvalue weighted by atomic mass is 16.1. The fraction of sp³-hybridized carbons (Fsp3) is 0.500. The third kappa shape index (κ3) is 3.31. The molecule has 1 aromatic rings. The van der Waals surface area contributed by atoms with E-state index in [1.165, 1.54) is 18.5 Å². The number of likely N-dealkylation sites (N-methyl/N-ethyl adjacent to an activating group) is 1. The zero-order chi connectivity index (χ0) is 13.0. The van der Waals surface area contributed by atoms with Crippen LogP contribution in [0.15, 0.2) is 24.3 Å². The molecule has 1 aliphatic heterocycles. The van der Waals surface area contributed by atoms with Crippen molar-refractivity contribution >= 4 is 5.91 Å². The van der Waals surface area contributed by atoms with Crippen molar-refractivity contribution in [3.63, 3.8) is 0 Å². The number of likely N-dealkylation sites (tertiary alicyclic amines) is 1. The highest BCUT2D eigenvalue weighted by Crippen LogP contribution is 2.08. The van der Waals surface area contributed by atoms with E-state index in [9.17, 15) is 4.79 Å². The van der Waals surface area contributed by atoms with Crippen LogP contribution in [-0.2, 0) is 6.54 Å². The Labute approximate surface area is 108 Å². The summed E-state index contributed by atoms with van der Waals surface area (Å²) in [6.07, 6.45) is 1.22. The number of amides is 1. The topological polar surface area (TPSA) is 44.4 Å². The van der Waals surface area contributed by atoms with Crippen molar-refractivity contribution in [2.75, 3.05) is 27.2 Å². The van der Waals surface area contributed by atoms with Crippen LogP contribution >= 0.6 is 0 Å². The first-order chi connectivity index (χ1) is 8.69. The van der Waals surface area contributed by atoms with Crippen LogP contribution in [0.25, 0.3) is 0 Å². The van der Waals surface area contributed by atoms with Gasteiger partial charge in [-0.25, -0.2) is 0 Å². The molecular formula is C14H21N3O. The largest absolute Gasteiger partial charge is 0.355 e. The first-order valence-corrected chi connectivity index (χ1v) is 6.42. The van der Waals surface area contributed by atoms with E-state index in [-0.39, 0.29) is 5.91 Å². The van der Waals surface area contributed by atoms with Crippen molar-refractivity contribution in [3.05, 3.63) is 35.4 Å². The summed E-state index contributed by atoms with van der Waals surface area (Å²) in [5, 5.41) is 6.17. The fourth-order valence-electron chi connectivity index (χ4n) is 2.28. The van der Waals surface area contributed by atoms with Crippen molar-refractivity contribution in [1.82, 2.24) is 15.5 Å². The number of carbonyl (C=O) groups excluding carboxylic acids is 1. The Kier molecular flexibility index (Phi) is 4.33. The maximum Gasteiger partial charge on any atom is 0.251 e. The minimum atomic E-state index is -0.0353. The fourth-order valence-corrected chi connectivity index (χ4v) is 2.28. The zero-order valence-electron chi connectivity index (χ0n) is 11.1. The van der Waals surface area contributed by atoms with Gasteiger partial charge in [0.05, 0.1) is 0 Å². The molecule has 0 spiro atoms. The van der Waals surface area contributed by atoms with Crippen molar-refractivity contribution in [3.8, 4) is 0 Å². The Balaban J connectivity index is 1.85. The summed E-state index contributed by atoms with van der Waals surface area (Å²) >= 11 is 0. The third-order valence-electron chi connectivity index (χ3n) is 3.43. The molecule has 4 nitrogen and oxygen atoms in total. The summed E-state index contributed by atoms with van der Waals surface area (Å²) < 4.78 is 0. The second kappa shape index (κ2) is 5.98. The summed E-state index contributed by atoms with van der Waals surface area (Å²) in [5.41, 5.74) is 1.93. The molecule has 2 rings (SSSR count). The molecule has 1 heterocycles. The molecule has 1 aromatic carbocycles. The maximum atomic E-state index is 11.4. The van der Waals surface area contributed by atoms with Gasteiger partial charge in [-0.3, -0.25) is 4.79 Å². The van der Waals surface area contributed by atoms with Crippen molar-refractivity contribution in [2.45, 2.75) is 19.0 Å². The lowest BCUT2D eigenvalue weighted by atomic mass is 10.1. The van der Waals surface area contributed by atoms with Gasteiger partial charge in [-0.1, -0.05) is 12.1 Å². The van der Waals surface area contributed by atoms with Crippen LogP contribution in [0.2, 0.25) is 0 Å². The average molecular weight is 247 g/mol. The van der Waals surface area contributed by atoms with E-state index in [1.54, 1.807) is 7.05 Å². The molecule has 1 saturated heterocycles. The molecular weight excluding hydrogens is 226 g/mol. The number of nitrogens with zero attached hydrogens (tertiary/aromatic N) is 1. The molecule has 1 unspecified atom stereocenters. The number of hydrogen-bond acceptors (Lipinski definition) is 3. The van der Waals surface area contributed by atoms with Gasteiger partial charge in [0.1, 0.15) is 0 Å². The highest BCUT2D eigenvalue weighted by molar-refractivity contribution is 5.93. The quantitative estimate of drug-likeness (QED) is 0.828. The first-order valence-electron chi connectivity index (χ1n) is 6.42. The molecule has 1 fully saturated rings. The van der Waals surface area contributed by atoms with E-state index < -0.39 is 0 Å². The van der Waals surface area contributed by atoms with Gasteiger partial charge in [0.25, 0.3) is 5.91 Å². The second-order valence-corrected chi connectivity index (χ2v) is 4.90. The normalized spacial score (nSPS) is 20.0. The summed E-state index contributed by atoms with van der Waals surface area (Å²) in [6, 6.07) is 8.35. The van der Waals surface area contributed by atoms with E-state index in [0.717, 1.165) is 13.1 Å². The van der Waals surface area contributed by atoms with Crippen LogP contribution in [0, 0.1) is 0 Å². The number of carbonyl (C=O) groups is 1. The van der Waals surface area contributed by atoms with E-state index in [1.807, 2.05) is 24.3 Å². The Morgan fingerprint density at radius 2 is 2.11 bits per heavy atom. The van der Waals surface area contributed by atoms with E-state index in [2.05, 4.69) is 22.6 Å². The van der Waals surface area contributed by atoms with E-state index >= 15 is 0 Å². The zero-order valence-corrected chi connectivity index (χ0v) is 11.1. The smallest absolute Gasteiger partial charge is 0.251 e. The minimum Gasteiger partial charge on any atom is -0.355 e. The molecule has 18 heavy (non-hydrogen) atoms. The van der Waals surface area contributed by atoms with Crippen LogP contribution in [-0.4, -0.2) is 44.0 Å². The SMILES string of the molecule is CNC(=O)c1ccc(CNC2CCN(C)C2)cc1. The minimum absolute atomic E-state index is 0.0353. The molecule has 0 saturated carbocycles. The van der Waals surface area contributed by atoms with Crippen molar-refractivity contribution in [1.29, 1.82) is 0 Å². The predicted molar refractivity (Wildman–Crippen MR) is 72.6 cm³/mol. The number of nitrogens with one attached hydrogen (secondary N) is 2.